The van der Waals surface area contributed by atoms with Crippen LogP contribution in [0.4, 0.5) is 0 Å². The third-order valence-electron chi connectivity index (χ3n) is 6.34. The molecule has 0 bridgehead atoms. The summed E-state index contributed by atoms with van der Waals surface area (Å²) in [6.07, 6.45) is 3.13. The number of benzene rings is 2. The van der Waals surface area contributed by atoms with E-state index in [0.29, 0.717) is 37.7 Å². The van der Waals surface area contributed by atoms with E-state index in [1.807, 2.05) is 22.9 Å². The minimum absolute atomic E-state index is 0.0794. The van der Waals surface area contributed by atoms with Gasteiger partial charge in [0.2, 0.25) is 15.9 Å². The fourth-order valence-corrected chi connectivity index (χ4v) is 6.04. The Kier molecular flexibility index (Phi) is 6.67. The molecule has 6 nitrogen and oxygen atoms in total. The standard InChI is InChI=1S/C23H28ClN3O3S/c1-25(22-8-4-6-18-5-2-3-7-21(18)22)23(28)17-26-13-15-27(16-14-26)31(29,30)20-11-9-19(24)10-12-20/h2-3,5,7,9-12,22H,4,6,8,13-17H2,1H3. The van der Waals surface area contributed by atoms with Crippen LogP contribution in [-0.4, -0.2) is 68.2 Å². The molecule has 0 spiro atoms. The van der Waals surface area contributed by atoms with Gasteiger partial charge in [0.05, 0.1) is 17.5 Å². The number of rotatable bonds is 5. The van der Waals surface area contributed by atoms with E-state index in [1.54, 1.807) is 12.1 Å². The molecular formula is C23H28ClN3O3S. The van der Waals surface area contributed by atoms with Crippen molar-refractivity contribution in [1.29, 1.82) is 0 Å². The van der Waals surface area contributed by atoms with Crippen LogP contribution in [0, 0.1) is 0 Å². The van der Waals surface area contributed by atoms with Crippen molar-refractivity contribution in [2.24, 2.45) is 0 Å². The van der Waals surface area contributed by atoms with Crippen LogP contribution in [0.2, 0.25) is 5.02 Å². The molecule has 1 heterocycles. The first-order chi connectivity index (χ1) is 14.9. The molecule has 0 saturated carbocycles. The third-order valence-corrected chi connectivity index (χ3v) is 8.51. The number of sulfonamides is 1. The summed E-state index contributed by atoms with van der Waals surface area (Å²) in [6.45, 7) is 2.12. The van der Waals surface area contributed by atoms with Crippen LogP contribution in [0.1, 0.15) is 30.0 Å². The summed E-state index contributed by atoms with van der Waals surface area (Å²) in [5, 5.41) is 0.506. The van der Waals surface area contributed by atoms with E-state index in [-0.39, 0.29) is 16.8 Å². The number of hydrogen-bond donors (Lipinski definition) is 0. The van der Waals surface area contributed by atoms with Crippen LogP contribution in [-0.2, 0) is 21.2 Å². The topological polar surface area (TPSA) is 60.9 Å². The lowest BCUT2D eigenvalue weighted by molar-refractivity contribution is -0.133. The Morgan fingerprint density at radius 2 is 1.74 bits per heavy atom. The van der Waals surface area contributed by atoms with Gasteiger partial charge in [-0.15, -0.1) is 0 Å². The van der Waals surface area contributed by atoms with Gasteiger partial charge >= 0.3 is 0 Å². The van der Waals surface area contributed by atoms with Crippen LogP contribution in [0.3, 0.4) is 0 Å². The molecule has 8 heteroatoms. The summed E-state index contributed by atoms with van der Waals surface area (Å²) >= 11 is 5.87. The van der Waals surface area contributed by atoms with Crippen molar-refractivity contribution in [1.82, 2.24) is 14.1 Å². The molecule has 166 valence electrons. The van der Waals surface area contributed by atoms with Gasteiger partial charge in [0, 0.05) is 38.2 Å². The second kappa shape index (κ2) is 9.28. The highest BCUT2D eigenvalue weighted by atomic mass is 35.5. The van der Waals surface area contributed by atoms with Crippen molar-refractivity contribution < 1.29 is 13.2 Å². The fraction of sp³-hybridized carbons (Fsp3) is 0.435. The number of carbonyl (C=O) groups excluding carboxylic acids is 1. The summed E-state index contributed by atoms with van der Waals surface area (Å²) in [6, 6.07) is 14.7. The number of hydrogen-bond acceptors (Lipinski definition) is 4. The molecule has 4 rings (SSSR count). The van der Waals surface area contributed by atoms with E-state index in [2.05, 4.69) is 18.2 Å². The van der Waals surface area contributed by atoms with Crippen molar-refractivity contribution in [3.63, 3.8) is 0 Å². The van der Waals surface area contributed by atoms with Gasteiger partial charge in [-0.25, -0.2) is 8.42 Å². The fourth-order valence-electron chi connectivity index (χ4n) is 4.49. The predicted octanol–water partition coefficient (Wildman–Crippen LogP) is 3.18. The first-order valence-electron chi connectivity index (χ1n) is 10.7. The van der Waals surface area contributed by atoms with Crippen molar-refractivity contribution in [2.45, 2.75) is 30.2 Å². The van der Waals surface area contributed by atoms with E-state index in [1.165, 1.54) is 27.6 Å². The lowest BCUT2D eigenvalue weighted by Gasteiger charge is -2.37. The summed E-state index contributed by atoms with van der Waals surface area (Å²) in [5.74, 6) is 0.0794. The van der Waals surface area contributed by atoms with Crippen LogP contribution in [0.15, 0.2) is 53.4 Å². The SMILES string of the molecule is CN(C(=O)CN1CCN(S(=O)(=O)c2ccc(Cl)cc2)CC1)C1CCCc2ccccc21. The molecule has 1 saturated heterocycles. The van der Waals surface area contributed by atoms with Gasteiger partial charge < -0.3 is 4.90 Å². The molecule has 1 aliphatic heterocycles. The van der Waals surface area contributed by atoms with E-state index in [4.69, 9.17) is 11.6 Å². The minimum Gasteiger partial charge on any atom is -0.338 e. The van der Waals surface area contributed by atoms with E-state index >= 15 is 0 Å². The van der Waals surface area contributed by atoms with Gasteiger partial charge in [0.1, 0.15) is 0 Å². The second-order valence-electron chi connectivity index (χ2n) is 8.25. The van der Waals surface area contributed by atoms with E-state index in [9.17, 15) is 13.2 Å². The zero-order valence-corrected chi connectivity index (χ0v) is 19.3. The molecule has 1 amide bonds. The number of likely N-dealkylation sites (N-methyl/N-ethyl adjacent to an activating group) is 1. The van der Waals surface area contributed by atoms with Crippen molar-refractivity contribution in [3.8, 4) is 0 Å². The summed E-state index contributed by atoms with van der Waals surface area (Å²) < 4.78 is 27.2. The normalized spacial score (nSPS) is 20.3. The summed E-state index contributed by atoms with van der Waals surface area (Å²) in [4.78, 5) is 17.2. The molecule has 1 unspecified atom stereocenters. The first kappa shape index (κ1) is 22.3. The monoisotopic (exact) mass is 461 g/mol. The molecule has 2 aliphatic rings. The van der Waals surface area contributed by atoms with Crippen LogP contribution < -0.4 is 0 Å². The number of halogens is 1. The van der Waals surface area contributed by atoms with E-state index in [0.717, 1.165) is 19.3 Å². The van der Waals surface area contributed by atoms with Crippen LogP contribution >= 0.6 is 11.6 Å². The number of piperazine rings is 1. The Balaban J connectivity index is 1.35. The Morgan fingerprint density at radius 3 is 2.45 bits per heavy atom. The van der Waals surface area contributed by atoms with Crippen molar-refractivity contribution in [2.75, 3.05) is 39.8 Å². The van der Waals surface area contributed by atoms with Crippen molar-refractivity contribution >= 4 is 27.5 Å². The van der Waals surface area contributed by atoms with Gasteiger partial charge in [-0.3, -0.25) is 9.69 Å². The second-order valence-corrected chi connectivity index (χ2v) is 10.6. The quantitative estimate of drug-likeness (QED) is 0.686. The van der Waals surface area contributed by atoms with Gasteiger partial charge in [0.15, 0.2) is 0 Å². The van der Waals surface area contributed by atoms with Gasteiger partial charge in [-0.1, -0.05) is 35.9 Å². The molecule has 2 aromatic rings. The molecule has 2 aromatic carbocycles. The molecule has 1 atom stereocenters. The van der Waals surface area contributed by atoms with Gasteiger partial charge in [-0.05, 0) is 54.7 Å². The maximum atomic E-state index is 13.0. The zero-order chi connectivity index (χ0) is 22.0. The van der Waals surface area contributed by atoms with E-state index < -0.39 is 10.0 Å². The number of nitrogens with zero attached hydrogens (tertiary/aromatic N) is 3. The lowest BCUT2D eigenvalue weighted by atomic mass is 9.87. The van der Waals surface area contributed by atoms with Gasteiger partial charge in [0.25, 0.3) is 0 Å². The molecule has 0 N–H and O–H groups in total. The largest absolute Gasteiger partial charge is 0.338 e. The summed E-state index contributed by atoms with van der Waals surface area (Å²) in [5.41, 5.74) is 2.59. The molecule has 1 aliphatic carbocycles. The van der Waals surface area contributed by atoms with Crippen LogP contribution in [0.25, 0.3) is 0 Å². The van der Waals surface area contributed by atoms with Crippen LogP contribution in [0.5, 0.6) is 0 Å². The highest BCUT2D eigenvalue weighted by Gasteiger charge is 2.31. The number of fused-ring (bicyclic) bond motifs is 1. The Morgan fingerprint density at radius 1 is 1.06 bits per heavy atom. The average molecular weight is 462 g/mol. The Bertz CT molecular complexity index is 1030. The highest BCUT2D eigenvalue weighted by molar-refractivity contribution is 7.89. The van der Waals surface area contributed by atoms with Crippen molar-refractivity contribution in [3.05, 3.63) is 64.7 Å². The average Bonchev–Trinajstić information content (AvgIpc) is 2.79. The number of carbonyl (C=O) groups is 1. The minimum atomic E-state index is -3.54. The number of amides is 1. The summed E-state index contributed by atoms with van der Waals surface area (Å²) in [7, 11) is -1.66. The maximum Gasteiger partial charge on any atom is 0.243 e. The zero-order valence-electron chi connectivity index (χ0n) is 17.7. The lowest BCUT2D eigenvalue weighted by Crippen LogP contribution is -2.51. The first-order valence-corrected chi connectivity index (χ1v) is 12.5. The maximum absolute atomic E-state index is 13.0. The smallest absolute Gasteiger partial charge is 0.243 e. The molecule has 0 aromatic heterocycles. The molecule has 0 radical (unpaired) electrons. The highest BCUT2D eigenvalue weighted by Crippen LogP contribution is 2.33. The molecular weight excluding hydrogens is 434 g/mol. The Hall–Kier alpha value is -1.93. The van der Waals surface area contributed by atoms with Gasteiger partial charge in [-0.2, -0.15) is 4.31 Å². The molecule has 1 fully saturated rings. The Labute approximate surface area is 189 Å². The number of aryl methyl sites for hydroxylation is 1. The molecule has 31 heavy (non-hydrogen) atoms. The predicted molar refractivity (Wildman–Crippen MR) is 122 cm³/mol. The third kappa shape index (κ3) is 4.80.